The van der Waals surface area contributed by atoms with Gasteiger partial charge in [0.15, 0.2) is 0 Å². The fourth-order valence-corrected chi connectivity index (χ4v) is 2.72. The molecule has 0 aliphatic rings. The van der Waals surface area contributed by atoms with Gasteiger partial charge in [0.1, 0.15) is 6.26 Å². The zero-order chi connectivity index (χ0) is 16.7. The fraction of sp³-hybridized carbons (Fsp3) is 0.526. The zero-order valence-electron chi connectivity index (χ0n) is 14.9. The van der Waals surface area contributed by atoms with E-state index < -0.39 is 0 Å². The highest BCUT2D eigenvalue weighted by atomic mass is 16.3. The van der Waals surface area contributed by atoms with Crippen molar-refractivity contribution >= 4 is 0 Å². The molecular formula is C19H29N3O. The normalized spacial score (nSPS) is 11.6. The first-order valence-corrected chi connectivity index (χ1v) is 8.63. The van der Waals surface area contributed by atoms with E-state index in [1.165, 1.54) is 5.56 Å². The minimum atomic E-state index is 0.720. The summed E-state index contributed by atoms with van der Waals surface area (Å²) in [5, 5.41) is 0. The predicted octanol–water partition coefficient (Wildman–Crippen LogP) is 3.81. The Morgan fingerprint density at radius 1 is 0.957 bits per heavy atom. The summed E-state index contributed by atoms with van der Waals surface area (Å²) in [7, 11) is 0. The SMILES string of the molecule is CCN(CC)CCN(CC)Cc1coc(-c2ccccc2C)n1. The molecule has 0 bridgehead atoms. The Hall–Kier alpha value is -1.65. The average molecular weight is 315 g/mol. The third-order valence-corrected chi connectivity index (χ3v) is 4.39. The summed E-state index contributed by atoms with van der Waals surface area (Å²) >= 11 is 0. The first-order valence-electron chi connectivity index (χ1n) is 8.63. The molecule has 1 heterocycles. The molecule has 23 heavy (non-hydrogen) atoms. The molecule has 0 saturated heterocycles. The van der Waals surface area contributed by atoms with Gasteiger partial charge in [0.25, 0.3) is 0 Å². The average Bonchev–Trinajstić information content (AvgIpc) is 3.03. The lowest BCUT2D eigenvalue weighted by molar-refractivity contribution is 0.213. The highest BCUT2D eigenvalue weighted by Crippen LogP contribution is 2.22. The van der Waals surface area contributed by atoms with E-state index >= 15 is 0 Å². The molecule has 0 spiro atoms. The lowest BCUT2D eigenvalue weighted by Gasteiger charge is -2.24. The number of hydrogen-bond acceptors (Lipinski definition) is 4. The molecule has 0 unspecified atom stereocenters. The lowest BCUT2D eigenvalue weighted by atomic mass is 10.1. The van der Waals surface area contributed by atoms with E-state index in [9.17, 15) is 0 Å². The number of likely N-dealkylation sites (N-methyl/N-ethyl adjacent to an activating group) is 2. The summed E-state index contributed by atoms with van der Waals surface area (Å²) in [5.74, 6) is 0.720. The van der Waals surface area contributed by atoms with Crippen molar-refractivity contribution in [2.75, 3.05) is 32.7 Å². The second kappa shape index (κ2) is 8.85. The Bertz CT molecular complexity index is 590. The highest BCUT2D eigenvalue weighted by molar-refractivity contribution is 5.58. The van der Waals surface area contributed by atoms with Crippen LogP contribution in [0.15, 0.2) is 34.9 Å². The number of nitrogens with zero attached hydrogens (tertiary/aromatic N) is 3. The van der Waals surface area contributed by atoms with Gasteiger partial charge in [-0.05, 0) is 38.2 Å². The van der Waals surface area contributed by atoms with Crippen LogP contribution in [-0.2, 0) is 6.54 Å². The van der Waals surface area contributed by atoms with Crippen LogP contribution in [-0.4, -0.2) is 47.5 Å². The molecular weight excluding hydrogens is 286 g/mol. The Morgan fingerprint density at radius 2 is 1.61 bits per heavy atom. The van der Waals surface area contributed by atoms with Crippen molar-refractivity contribution in [1.82, 2.24) is 14.8 Å². The first kappa shape index (κ1) is 17.7. The van der Waals surface area contributed by atoms with Gasteiger partial charge in [-0.15, -0.1) is 0 Å². The Kier molecular flexibility index (Phi) is 6.81. The van der Waals surface area contributed by atoms with Crippen LogP contribution in [0.5, 0.6) is 0 Å². The van der Waals surface area contributed by atoms with Crippen LogP contribution in [0.3, 0.4) is 0 Å². The van der Waals surface area contributed by atoms with Gasteiger partial charge >= 0.3 is 0 Å². The van der Waals surface area contributed by atoms with Crippen LogP contribution in [0.1, 0.15) is 32.0 Å². The van der Waals surface area contributed by atoms with E-state index in [1.54, 1.807) is 6.26 Å². The molecule has 0 saturated carbocycles. The summed E-state index contributed by atoms with van der Waals surface area (Å²) in [5.41, 5.74) is 3.27. The van der Waals surface area contributed by atoms with E-state index in [0.717, 1.165) is 56.4 Å². The van der Waals surface area contributed by atoms with E-state index in [-0.39, 0.29) is 0 Å². The number of oxazole rings is 1. The van der Waals surface area contributed by atoms with Gasteiger partial charge in [0.05, 0.1) is 5.69 Å². The molecule has 1 aromatic carbocycles. The summed E-state index contributed by atoms with van der Waals surface area (Å²) < 4.78 is 5.70. The molecule has 0 fully saturated rings. The van der Waals surface area contributed by atoms with Gasteiger partial charge < -0.3 is 9.32 Å². The maximum absolute atomic E-state index is 5.70. The molecule has 0 atom stereocenters. The predicted molar refractivity (Wildman–Crippen MR) is 95.4 cm³/mol. The summed E-state index contributed by atoms with van der Waals surface area (Å²) in [4.78, 5) is 9.54. The summed E-state index contributed by atoms with van der Waals surface area (Å²) in [6.45, 7) is 14.9. The first-order chi connectivity index (χ1) is 11.2. The minimum absolute atomic E-state index is 0.720. The quantitative estimate of drug-likeness (QED) is 0.704. The smallest absolute Gasteiger partial charge is 0.226 e. The molecule has 126 valence electrons. The van der Waals surface area contributed by atoms with Crippen LogP contribution >= 0.6 is 0 Å². The number of aryl methyl sites for hydroxylation is 1. The fourth-order valence-electron chi connectivity index (χ4n) is 2.72. The van der Waals surface area contributed by atoms with Gasteiger partial charge in [-0.2, -0.15) is 0 Å². The van der Waals surface area contributed by atoms with Crippen LogP contribution in [0.2, 0.25) is 0 Å². The monoisotopic (exact) mass is 315 g/mol. The van der Waals surface area contributed by atoms with Crippen LogP contribution in [0, 0.1) is 6.92 Å². The second-order valence-corrected chi connectivity index (χ2v) is 5.85. The minimum Gasteiger partial charge on any atom is -0.444 e. The van der Waals surface area contributed by atoms with Crippen LogP contribution < -0.4 is 0 Å². The number of hydrogen-bond donors (Lipinski definition) is 0. The van der Waals surface area contributed by atoms with Crippen LogP contribution in [0.4, 0.5) is 0 Å². The number of rotatable bonds is 9. The van der Waals surface area contributed by atoms with Crippen molar-refractivity contribution in [2.45, 2.75) is 34.2 Å². The molecule has 0 aliphatic heterocycles. The second-order valence-electron chi connectivity index (χ2n) is 5.85. The van der Waals surface area contributed by atoms with E-state index in [0.29, 0.717) is 0 Å². The molecule has 0 aliphatic carbocycles. The Balaban J connectivity index is 1.98. The third kappa shape index (κ3) is 4.91. The Labute approximate surface area is 140 Å². The van der Waals surface area contributed by atoms with E-state index in [1.807, 2.05) is 12.1 Å². The van der Waals surface area contributed by atoms with Crippen molar-refractivity contribution in [3.63, 3.8) is 0 Å². The van der Waals surface area contributed by atoms with Crippen molar-refractivity contribution in [3.8, 4) is 11.5 Å². The van der Waals surface area contributed by atoms with Gasteiger partial charge in [-0.1, -0.05) is 39.0 Å². The molecule has 4 nitrogen and oxygen atoms in total. The van der Waals surface area contributed by atoms with Crippen LogP contribution in [0.25, 0.3) is 11.5 Å². The van der Waals surface area contributed by atoms with Gasteiger partial charge in [-0.3, -0.25) is 4.90 Å². The molecule has 1 aromatic heterocycles. The zero-order valence-corrected chi connectivity index (χ0v) is 14.9. The van der Waals surface area contributed by atoms with Gasteiger partial charge in [-0.25, -0.2) is 4.98 Å². The van der Waals surface area contributed by atoms with Crippen molar-refractivity contribution < 1.29 is 4.42 Å². The van der Waals surface area contributed by atoms with Crippen molar-refractivity contribution in [2.24, 2.45) is 0 Å². The van der Waals surface area contributed by atoms with Crippen molar-refractivity contribution in [1.29, 1.82) is 0 Å². The van der Waals surface area contributed by atoms with E-state index in [4.69, 9.17) is 4.42 Å². The Morgan fingerprint density at radius 3 is 2.26 bits per heavy atom. The van der Waals surface area contributed by atoms with Crippen molar-refractivity contribution in [3.05, 3.63) is 41.8 Å². The summed E-state index contributed by atoms with van der Waals surface area (Å²) in [6.07, 6.45) is 1.79. The largest absolute Gasteiger partial charge is 0.444 e. The third-order valence-electron chi connectivity index (χ3n) is 4.39. The topological polar surface area (TPSA) is 32.5 Å². The summed E-state index contributed by atoms with van der Waals surface area (Å²) in [6, 6.07) is 8.20. The molecule has 0 N–H and O–H groups in total. The standard InChI is InChI=1S/C19H29N3O/c1-5-21(6-2)12-13-22(7-3)14-17-15-23-19(20-17)18-11-9-8-10-16(18)4/h8-11,15H,5-7,12-14H2,1-4H3. The molecule has 4 heteroatoms. The molecule has 2 rings (SSSR count). The van der Waals surface area contributed by atoms with Gasteiger partial charge in [0.2, 0.25) is 5.89 Å². The molecule has 0 amide bonds. The maximum Gasteiger partial charge on any atom is 0.226 e. The number of aromatic nitrogens is 1. The lowest BCUT2D eigenvalue weighted by Crippen LogP contribution is -2.34. The number of benzene rings is 1. The van der Waals surface area contributed by atoms with Gasteiger partial charge in [0, 0.05) is 25.2 Å². The molecule has 2 aromatic rings. The van der Waals surface area contributed by atoms with E-state index in [2.05, 4.69) is 54.6 Å². The maximum atomic E-state index is 5.70. The highest BCUT2D eigenvalue weighted by Gasteiger charge is 2.12. The molecule has 0 radical (unpaired) electrons.